The van der Waals surface area contributed by atoms with Gasteiger partial charge in [-0.1, -0.05) is 15.9 Å². The van der Waals surface area contributed by atoms with Crippen LogP contribution in [0.1, 0.15) is 18.1 Å². The highest BCUT2D eigenvalue weighted by molar-refractivity contribution is 9.10. The lowest BCUT2D eigenvalue weighted by molar-refractivity contribution is -0.132. The lowest BCUT2D eigenvalue weighted by Gasteiger charge is -2.11. The van der Waals surface area contributed by atoms with E-state index in [4.69, 9.17) is 14.2 Å². The molecule has 0 aromatic heterocycles. The van der Waals surface area contributed by atoms with Crippen molar-refractivity contribution in [1.29, 1.82) is 0 Å². The monoisotopic (exact) mass is 493 g/mol. The fourth-order valence-corrected chi connectivity index (χ4v) is 3.15. The number of carbonyl (C=O) groups excluding carboxylic acids is 2. The number of cyclic esters (lactones) is 1. The van der Waals surface area contributed by atoms with Gasteiger partial charge in [0.2, 0.25) is 5.90 Å². The van der Waals surface area contributed by atoms with Gasteiger partial charge >= 0.3 is 11.9 Å². The number of carbonyl (C=O) groups is 2. The molecular formula is C19H13Br2NO5. The normalized spacial score (nSPS) is 14.7. The summed E-state index contributed by atoms with van der Waals surface area (Å²) in [6, 6.07) is 10.6. The molecule has 6 nitrogen and oxygen atoms in total. The van der Waals surface area contributed by atoms with E-state index in [-0.39, 0.29) is 17.3 Å². The zero-order valence-electron chi connectivity index (χ0n) is 14.3. The topological polar surface area (TPSA) is 74.2 Å². The Bertz CT molecular complexity index is 980. The van der Waals surface area contributed by atoms with Crippen molar-refractivity contribution in [3.63, 3.8) is 0 Å². The van der Waals surface area contributed by atoms with Crippen molar-refractivity contribution >= 4 is 55.8 Å². The van der Waals surface area contributed by atoms with Crippen LogP contribution in [0.2, 0.25) is 0 Å². The van der Waals surface area contributed by atoms with E-state index in [1.54, 1.807) is 30.3 Å². The van der Waals surface area contributed by atoms with E-state index < -0.39 is 11.9 Å². The Kier molecular flexibility index (Phi) is 5.76. The number of halogens is 2. The summed E-state index contributed by atoms with van der Waals surface area (Å²) >= 11 is 6.70. The van der Waals surface area contributed by atoms with E-state index in [0.29, 0.717) is 21.3 Å². The number of benzene rings is 2. The summed E-state index contributed by atoms with van der Waals surface area (Å²) in [5.74, 6) is -0.174. The third-order valence-corrected chi connectivity index (χ3v) is 4.63. The molecule has 0 spiro atoms. The van der Waals surface area contributed by atoms with Crippen LogP contribution in [0.25, 0.3) is 6.08 Å². The Balaban J connectivity index is 1.96. The second-order valence-corrected chi connectivity index (χ2v) is 7.24. The van der Waals surface area contributed by atoms with Gasteiger partial charge in [0.15, 0.2) is 17.2 Å². The molecule has 0 amide bonds. The average molecular weight is 495 g/mol. The van der Waals surface area contributed by atoms with Crippen molar-refractivity contribution in [2.45, 2.75) is 6.92 Å². The van der Waals surface area contributed by atoms with Crippen LogP contribution in [0, 0.1) is 0 Å². The Morgan fingerprint density at radius 3 is 2.52 bits per heavy atom. The van der Waals surface area contributed by atoms with Gasteiger partial charge in [-0.25, -0.2) is 9.79 Å². The summed E-state index contributed by atoms with van der Waals surface area (Å²) in [5, 5.41) is 0. The first-order valence-corrected chi connectivity index (χ1v) is 9.30. The van der Waals surface area contributed by atoms with Gasteiger partial charge in [-0.15, -0.1) is 0 Å². The van der Waals surface area contributed by atoms with E-state index in [1.165, 1.54) is 14.0 Å². The molecular weight excluding hydrogens is 482 g/mol. The maximum Gasteiger partial charge on any atom is 0.363 e. The molecule has 27 heavy (non-hydrogen) atoms. The first-order valence-electron chi connectivity index (χ1n) is 7.72. The summed E-state index contributed by atoms with van der Waals surface area (Å²) in [4.78, 5) is 27.7. The molecule has 1 aliphatic rings. The molecule has 0 saturated heterocycles. The Labute approximate surface area is 172 Å². The van der Waals surface area contributed by atoms with Crippen molar-refractivity contribution in [3.05, 3.63) is 62.2 Å². The predicted octanol–water partition coefficient (Wildman–Crippen LogP) is 4.49. The van der Waals surface area contributed by atoms with Gasteiger partial charge in [-0.2, -0.15) is 0 Å². The molecule has 3 rings (SSSR count). The molecule has 0 radical (unpaired) electrons. The van der Waals surface area contributed by atoms with Crippen molar-refractivity contribution in [3.8, 4) is 11.5 Å². The van der Waals surface area contributed by atoms with Gasteiger partial charge in [0.25, 0.3) is 0 Å². The lowest BCUT2D eigenvalue weighted by atomic mass is 10.1. The van der Waals surface area contributed by atoms with Crippen LogP contribution < -0.4 is 9.47 Å². The molecule has 0 saturated carbocycles. The molecule has 2 aromatic rings. The maximum atomic E-state index is 12.2. The van der Waals surface area contributed by atoms with Crippen molar-refractivity contribution in [1.82, 2.24) is 0 Å². The standard InChI is InChI=1S/C19H13Br2NO5/c1-10(23)26-17-14(21)7-11(9-16(17)25-2)8-15-19(24)27-18(22-15)12-3-5-13(20)6-4-12/h3-9H,1-2H3. The highest BCUT2D eigenvalue weighted by atomic mass is 79.9. The molecule has 0 aliphatic carbocycles. The van der Waals surface area contributed by atoms with Crippen LogP contribution in [0.15, 0.2) is 56.0 Å². The molecule has 0 atom stereocenters. The number of ether oxygens (including phenoxy) is 3. The third-order valence-electron chi connectivity index (χ3n) is 3.51. The fourth-order valence-electron chi connectivity index (χ4n) is 2.35. The average Bonchev–Trinajstić information content (AvgIpc) is 2.98. The molecule has 0 unspecified atom stereocenters. The minimum absolute atomic E-state index is 0.155. The highest BCUT2D eigenvalue weighted by Crippen LogP contribution is 2.37. The van der Waals surface area contributed by atoms with E-state index in [9.17, 15) is 9.59 Å². The summed E-state index contributed by atoms with van der Waals surface area (Å²) < 4.78 is 17.1. The van der Waals surface area contributed by atoms with Gasteiger partial charge in [-0.3, -0.25) is 4.79 Å². The number of nitrogens with zero attached hydrogens (tertiary/aromatic N) is 1. The predicted molar refractivity (Wildman–Crippen MR) is 107 cm³/mol. The number of methoxy groups -OCH3 is 1. The van der Waals surface area contributed by atoms with E-state index in [2.05, 4.69) is 36.9 Å². The summed E-state index contributed by atoms with van der Waals surface area (Å²) in [6.07, 6.45) is 1.57. The van der Waals surface area contributed by atoms with Gasteiger partial charge in [-0.05, 0) is 64.0 Å². The van der Waals surface area contributed by atoms with E-state index in [0.717, 1.165) is 4.47 Å². The second-order valence-electron chi connectivity index (χ2n) is 5.47. The molecule has 0 bridgehead atoms. The number of esters is 2. The molecule has 8 heteroatoms. The SMILES string of the molecule is COc1cc(C=C2N=C(c3ccc(Br)cc3)OC2=O)cc(Br)c1OC(C)=O. The highest BCUT2D eigenvalue weighted by Gasteiger charge is 2.24. The van der Waals surface area contributed by atoms with Gasteiger partial charge in [0, 0.05) is 17.0 Å². The van der Waals surface area contributed by atoms with Crippen LogP contribution >= 0.6 is 31.9 Å². The van der Waals surface area contributed by atoms with Crippen molar-refractivity contribution in [2.24, 2.45) is 4.99 Å². The molecule has 2 aromatic carbocycles. The van der Waals surface area contributed by atoms with Gasteiger partial charge in [0.1, 0.15) is 0 Å². The molecule has 138 valence electrons. The van der Waals surface area contributed by atoms with Gasteiger partial charge < -0.3 is 14.2 Å². The van der Waals surface area contributed by atoms with E-state index >= 15 is 0 Å². The molecule has 0 fully saturated rings. The Hall–Kier alpha value is -2.45. The molecule has 1 aliphatic heterocycles. The number of aliphatic imine (C=N–C) groups is 1. The Morgan fingerprint density at radius 2 is 1.89 bits per heavy atom. The van der Waals surface area contributed by atoms with Crippen molar-refractivity contribution < 1.29 is 23.8 Å². The third kappa shape index (κ3) is 4.45. The maximum absolute atomic E-state index is 12.2. The van der Waals surface area contributed by atoms with Crippen molar-refractivity contribution in [2.75, 3.05) is 7.11 Å². The first kappa shape index (κ1) is 19.3. The second kappa shape index (κ2) is 8.06. The summed E-state index contributed by atoms with van der Waals surface area (Å²) in [5.41, 5.74) is 1.48. The van der Waals surface area contributed by atoms with Crippen LogP contribution in [0.3, 0.4) is 0 Å². The zero-order chi connectivity index (χ0) is 19.6. The number of hydrogen-bond donors (Lipinski definition) is 0. The smallest absolute Gasteiger partial charge is 0.363 e. The van der Waals surface area contributed by atoms with E-state index in [1.807, 2.05) is 12.1 Å². The lowest BCUT2D eigenvalue weighted by Crippen LogP contribution is -2.05. The Morgan fingerprint density at radius 1 is 1.19 bits per heavy atom. The summed E-state index contributed by atoms with van der Waals surface area (Å²) in [7, 11) is 1.46. The minimum atomic E-state index is -0.549. The van der Waals surface area contributed by atoms with Crippen LogP contribution in [0.5, 0.6) is 11.5 Å². The van der Waals surface area contributed by atoms with Crippen LogP contribution in [0.4, 0.5) is 0 Å². The number of rotatable bonds is 4. The first-order chi connectivity index (χ1) is 12.9. The minimum Gasteiger partial charge on any atom is -0.493 e. The van der Waals surface area contributed by atoms with Crippen LogP contribution in [-0.2, 0) is 14.3 Å². The fraction of sp³-hybridized carbons (Fsp3) is 0.105. The zero-order valence-corrected chi connectivity index (χ0v) is 17.5. The summed E-state index contributed by atoms with van der Waals surface area (Å²) in [6.45, 7) is 1.30. The van der Waals surface area contributed by atoms with Gasteiger partial charge in [0.05, 0.1) is 11.6 Å². The quantitative estimate of drug-likeness (QED) is 0.355. The largest absolute Gasteiger partial charge is 0.493 e. The molecule has 1 heterocycles. The number of hydrogen-bond acceptors (Lipinski definition) is 6. The van der Waals surface area contributed by atoms with Crippen LogP contribution in [-0.4, -0.2) is 24.9 Å². The molecule has 0 N–H and O–H groups in total.